The van der Waals surface area contributed by atoms with Crippen molar-refractivity contribution < 1.29 is 8.42 Å². The number of nitrogens with zero attached hydrogens (tertiary/aromatic N) is 1. The van der Waals surface area contributed by atoms with Crippen LogP contribution in [0, 0.1) is 12.3 Å². The average Bonchev–Trinajstić information content (AvgIpc) is 2.51. The molecule has 7 heteroatoms. The smallest absolute Gasteiger partial charge is 0.232 e. The van der Waals surface area contributed by atoms with E-state index in [1.54, 1.807) is 13.8 Å². The molecule has 0 fully saturated rings. The van der Waals surface area contributed by atoms with E-state index in [0.29, 0.717) is 0 Å². The number of terminal acetylenes is 1. The molecule has 0 unspecified atom stereocenters. The van der Waals surface area contributed by atoms with Crippen LogP contribution in [0.1, 0.15) is 13.8 Å². The molecule has 0 bridgehead atoms. The standard InChI is InChI=1S/C8H9ClN2O2S2/c1-4-8(2,3)11-15(12,13)6-5-10-7(9)14-6/h1,5,11H,2-3H3. The van der Waals surface area contributed by atoms with Crippen LogP contribution in [0.25, 0.3) is 0 Å². The van der Waals surface area contributed by atoms with Gasteiger partial charge in [0.2, 0.25) is 0 Å². The molecule has 0 aromatic carbocycles. The molecule has 0 saturated carbocycles. The summed E-state index contributed by atoms with van der Waals surface area (Å²) in [7, 11) is -3.63. The van der Waals surface area contributed by atoms with Gasteiger partial charge >= 0.3 is 0 Å². The first-order valence-corrected chi connectivity index (χ1v) is 6.58. The number of aromatic nitrogens is 1. The van der Waals surface area contributed by atoms with Crippen LogP contribution in [-0.2, 0) is 10.0 Å². The van der Waals surface area contributed by atoms with Gasteiger partial charge in [-0.1, -0.05) is 28.9 Å². The van der Waals surface area contributed by atoms with Crippen molar-refractivity contribution in [2.24, 2.45) is 0 Å². The van der Waals surface area contributed by atoms with Crippen molar-refractivity contribution in [3.63, 3.8) is 0 Å². The first kappa shape index (κ1) is 12.5. The van der Waals surface area contributed by atoms with E-state index < -0.39 is 15.6 Å². The van der Waals surface area contributed by atoms with Crippen LogP contribution in [0.3, 0.4) is 0 Å². The number of hydrogen-bond acceptors (Lipinski definition) is 4. The zero-order valence-electron chi connectivity index (χ0n) is 8.11. The Labute approximate surface area is 97.7 Å². The Hall–Kier alpha value is -0.610. The molecule has 0 aliphatic heterocycles. The van der Waals surface area contributed by atoms with Gasteiger partial charge in [-0.2, -0.15) is 4.72 Å². The Morgan fingerprint density at radius 2 is 2.27 bits per heavy atom. The highest BCUT2D eigenvalue weighted by molar-refractivity contribution is 7.91. The molecule has 15 heavy (non-hydrogen) atoms. The maximum Gasteiger partial charge on any atom is 0.253 e. The average molecular weight is 265 g/mol. The lowest BCUT2D eigenvalue weighted by Crippen LogP contribution is -2.41. The number of sulfonamides is 1. The van der Waals surface area contributed by atoms with Crippen LogP contribution in [0.15, 0.2) is 10.4 Å². The van der Waals surface area contributed by atoms with Gasteiger partial charge in [0.05, 0.1) is 11.7 Å². The minimum atomic E-state index is -3.63. The second-order valence-electron chi connectivity index (χ2n) is 3.31. The molecule has 1 aromatic rings. The zero-order valence-corrected chi connectivity index (χ0v) is 10.5. The summed E-state index contributed by atoms with van der Waals surface area (Å²) in [6.45, 7) is 3.18. The molecule has 1 N–H and O–H groups in total. The molecule has 1 aromatic heterocycles. The number of hydrogen-bond donors (Lipinski definition) is 1. The molecule has 0 aliphatic rings. The second kappa shape index (κ2) is 4.10. The fourth-order valence-corrected chi connectivity index (χ4v) is 3.41. The number of thiazole rings is 1. The van der Waals surface area contributed by atoms with Crippen molar-refractivity contribution in [2.75, 3.05) is 0 Å². The maximum atomic E-state index is 11.7. The van der Waals surface area contributed by atoms with Crippen LogP contribution in [-0.4, -0.2) is 18.9 Å². The van der Waals surface area contributed by atoms with Crippen molar-refractivity contribution in [1.29, 1.82) is 0 Å². The molecule has 1 rings (SSSR count). The Bertz CT molecular complexity index is 499. The van der Waals surface area contributed by atoms with E-state index in [0.717, 1.165) is 11.3 Å². The summed E-state index contributed by atoms with van der Waals surface area (Å²) in [6.07, 6.45) is 6.38. The molecule has 4 nitrogen and oxygen atoms in total. The Balaban J connectivity index is 3.01. The highest BCUT2D eigenvalue weighted by Crippen LogP contribution is 2.23. The van der Waals surface area contributed by atoms with Crippen LogP contribution >= 0.6 is 22.9 Å². The van der Waals surface area contributed by atoms with Gasteiger partial charge in [0.25, 0.3) is 10.0 Å². The Kier molecular flexibility index (Phi) is 3.41. The predicted octanol–water partition coefficient (Wildman–Crippen LogP) is 1.49. The molecular weight excluding hydrogens is 256 g/mol. The third-order valence-electron chi connectivity index (χ3n) is 1.47. The summed E-state index contributed by atoms with van der Waals surface area (Å²) in [5.74, 6) is 2.33. The van der Waals surface area contributed by atoms with Gasteiger partial charge in [0, 0.05) is 0 Å². The summed E-state index contributed by atoms with van der Waals surface area (Å²) in [5.41, 5.74) is -0.935. The highest BCUT2D eigenvalue weighted by atomic mass is 35.5. The Morgan fingerprint density at radius 1 is 1.67 bits per heavy atom. The molecule has 82 valence electrons. The number of rotatable bonds is 3. The van der Waals surface area contributed by atoms with Crippen molar-refractivity contribution in [3.05, 3.63) is 10.7 Å². The van der Waals surface area contributed by atoms with Gasteiger partial charge in [-0.25, -0.2) is 13.4 Å². The molecule has 0 atom stereocenters. The largest absolute Gasteiger partial charge is 0.253 e. The van der Waals surface area contributed by atoms with Crippen LogP contribution in [0.4, 0.5) is 0 Å². The van der Waals surface area contributed by atoms with Gasteiger partial charge in [0.15, 0.2) is 8.68 Å². The van der Waals surface area contributed by atoms with Crippen LogP contribution in [0.2, 0.25) is 4.47 Å². The van der Waals surface area contributed by atoms with E-state index in [9.17, 15) is 8.42 Å². The van der Waals surface area contributed by atoms with E-state index in [1.807, 2.05) is 0 Å². The van der Waals surface area contributed by atoms with E-state index in [-0.39, 0.29) is 8.68 Å². The quantitative estimate of drug-likeness (QED) is 0.842. The molecule has 0 spiro atoms. The molecule has 0 radical (unpaired) electrons. The topological polar surface area (TPSA) is 59.1 Å². The van der Waals surface area contributed by atoms with Gasteiger partial charge in [-0.15, -0.1) is 6.42 Å². The molecule has 0 amide bonds. The van der Waals surface area contributed by atoms with Crippen molar-refractivity contribution >= 4 is 33.0 Å². The molecule has 0 aliphatic carbocycles. The lowest BCUT2D eigenvalue weighted by molar-refractivity contribution is 0.540. The van der Waals surface area contributed by atoms with E-state index in [2.05, 4.69) is 15.6 Å². The van der Waals surface area contributed by atoms with Crippen LogP contribution < -0.4 is 4.72 Å². The van der Waals surface area contributed by atoms with Gasteiger partial charge in [-0.3, -0.25) is 0 Å². The van der Waals surface area contributed by atoms with E-state index >= 15 is 0 Å². The lowest BCUT2D eigenvalue weighted by Gasteiger charge is -2.18. The van der Waals surface area contributed by atoms with Crippen molar-refractivity contribution in [2.45, 2.75) is 23.6 Å². The summed E-state index contributed by atoms with van der Waals surface area (Å²) in [5, 5.41) is 0. The summed E-state index contributed by atoms with van der Waals surface area (Å²) in [4.78, 5) is 3.65. The molecule has 0 saturated heterocycles. The molecular formula is C8H9ClN2O2S2. The Morgan fingerprint density at radius 3 is 2.67 bits per heavy atom. The third kappa shape index (κ3) is 3.18. The second-order valence-corrected chi connectivity index (χ2v) is 6.83. The zero-order chi connectivity index (χ0) is 11.7. The van der Waals surface area contributed by atoms with Gasteiger partial charge < -0.3 is 0 Å². The summed E-state index contributed by atoms with van der Waals surface area (Å²) in [6, 6.07) is 0. The third-order valence-corrected chi connectivity index (χ3v) is 4.70. The monoisotopic (exact) mass is 264 g/mol. The summed E-state index contributed by atoms with van der Waals surface area (Å²) >= 11 is 6.43. The fraction of sp³-hybridized carbons (Fsp3) is 0.375. The van der Waals surface area contributed by atoms with E-state index in [4.69, 9.17) is 18.0 Å². The van der Waals surface area contributed by atoms with Crippen molar-refractivity contribution in [3.8, 4) is 12.3 Å². The normalized spacial score (nSPS) is 12.4. The number of halogens is 1. The SMILES string of the molecule is C#CC(C)(C)NS(=O)(=O)c1cnc(Cl)s1. The molecule has 1 heterocycles. The highest BCUT2D eigenvalue weighted by Gasteiger charge is 2.25. The lowest BCUT2D eigenvalue weighted by atomic mass is 10.1. The van der Waals surface area contributed by atoms with Gasteiger partial charge in [-0.05, 0) is 13.8 Å². The maximum absolute atomic E-state index is 11.7. The first-order chi connectivity index (χ1) is 6.77. The minimum Gasteiger partial charge on any atom is -0.232 e. The predicted molar refractivity (Wildman–Crippen MR) is 60.4 cm³/mol. The number of nitrogens with one attached hydrogen (secondary N) is 1. The minimum absolute atomic E-state index is 0.0517. The van der Waals surface area contributed by atoms with E-state index in [1.165, 1.54) is 6.20 Å². The summed E-state index contributed by atoms with van der Waals surface area (Å²) < 4.78 is 26.0. The fourth-order valence-electron chi connectivity index (χ4n) is 0.779. The van der Waals surface area contributed by atoms with Crippen LogP contribution in [0.5, 0.6) is 0 Å². The van der Waals surface area contributed by atoms with Gasteiger partial charge in [0.1, 0.15) is 0 Å². The van der Waals surface area contributed by atoms with Crippen molar-refractivity contribution in [1.82, 2.24) is 9.71 Å². The first-order valence-electron chi connectivity index (χ1n) is 3.90.